The number of aryl methyl sites for hydroxylation is 1. The molecule has 3 heteroatoms. The van der Waals surface area contributed by atoms with Crippen molar-refractivity contribution < 1.29 is 8.78 Å². The first kappa shape index (κ1) is 12.2. The van der Waals surface area contributed by atoms with Gasteiger partial charge in [-0.25, -0.2) is 8.78 Å². The summed E-state index contributed by atoms with van der Waals surface area (Å²) in [6.45, 7) is 2.57. The summed E-state index contributed by atoms with van der Waals surface area (Å²) in [7, 11) is 0. The number of halogens is 2. The van der Waals surface area contributed by atoms with E-state index in [9.17, 15) is 8.78 Å². The van der Waals surface area contributed by atoms with Crippen molar-refractivity contribution in [3.05, 3.63) is 53.1 Å². The highest BCUT2D eigenvalue weighted by molar-refractivity contribution is 5.76. The first-order valence-electron chi connectivity index (χ1n) is 6.49. The Balaban J connectivity index is 2.26. The van der Waals surface area contributed by atoms with Crippen molar-refractivity contribution in [1.82, 2.24) is 0 Å². The van der Waals surface area contributed by atoms with Gasteiger partial charge >= 0.3 is 0 Å². The highest BCUT2D eigenvalue weighted by Gasteiger charge is 2.19. The molecule has 0 amide bonds. The number of rotatable bonds is 1. The van der Waals surface area contributed by atoms with Crippen LogP contribution in [0.1, 0.15) is 17.5 Å². The SMILES string of the molecule is Cc1ccc(F)c(-c2cccc3c2CCCN3)c1F. The Hall–Kier alpha value is -1.90. The number of benzene rings is 2. The topological polar surface area (TPSA) is 12.0 Å². The molecule has 0 atom stereocenters. The van der Waals surface area contributed by atoms with E-state index in [2.05, 4.69) is 5.32 Å². The molecule has 0 unspecified atom stereocenters. The lowest BCUT2D eigenvalue weighted by atomic mass is 9.91. The van der Waals surface area contributed by atoms with Gasteiger partial charge in [0.2, 0.25) is 0 Å². The second-order valence-corrected chi connectivity index (χ2v) is 4.92. The third-order valence-electron chi connectivity index (χ3n) is 3.65. The van der Waals surface area contributed by atoms with E-state index in [0.29, 0.717) is 11.1 Å². The van der Waals surface area contributed by atoms with Crippen LogP contribution in [0.5, 0.6) is 0 Å². The summed E-state index contributed by atoms with van der Waals surface area (Å²) in [5.41, 5.74) is 3.24. The van der Waals surface area contributed by atoms with Gasteiger partial charge in [0, 0.05) is 12.2 Å². The number of nitrogens with one attached hydrogen (secondary N) is 1. The van der Waals surface area contributed by atoms with Gasteiger partial charge in [0.25, 0.3) is 0 Å². The van der Waals surface area contributed by atoms with Gasteiger partial charge in [0.05, 0.1) is 5.56 Å². The monoisotopic (exact) mass is 259 g/mol. The molecule has 1 N–H and O–H groups in total. The lowest BCUT2D eigenvalue weighted by Gasteiger charge is -2.21. The van der Waals surface area contributed by atoms with Gasteiger partial charge in [-0.05, 0) is 48.6 Å². The molecule has 1 aliphatic rings. The van der Waals surface area contributed by atoms with Crippen molar-refractivity contribution in [3.63, 3.8) is 0 Å². The molecule has 0 bridgehead atoms. The predicted octanol–water partition coefficient (Wildman–Crippen LogP) is 4.30. The third-order valence-corrected chi connectivity index (χ3v) is 3.65. The lowest BCUT2D eigenvalue weighted by molar-refractivity contribution is 0.583. The van der Waals surface area contributed by atoms with Crippen LogP contribution < -0.4 is 5.32 Å². The first-order valence-corrected chi connectivity index (χ1v) is 6.49. The fourth-order valence-electron chi connectivity index (χ4n) is 2.65. The summed E-state index contributed by atoms with van der Waals surface area (Å²) in [6.07, 6.45) is 1.84. The van der Waals surface area contributed by atoms with Gasteiger partial charge in [-0.15, -0.1) is 0 Å². The molecule has 0 aromatic heterocycles. The summed E-state index contributed by atoms with van der Waals surface area (Å²) in [5, 5.41) is 3.28. The predicted molar refractivity (Wildman–Crippen MR) is 73.3 cm³/mol. The molecule has 0 saturated carbocycles. The molecular formula is C16H15F2N. The molecule has 1 heterocycles. The van der Waals surface area contributed by atoms with E-state index in [1.165, 1.54) is 12.1 Å². The normalized spacial score (nSPS) is 13.8. The van der Waals surface area contributed by atoms with Gasteiger partial charge in [0.15, 0.2) is 0 Å². The Labute approximate surface area is 111 Å². The molecule has 1 nitrogen and oxygen atoms in total. The molecule has 0 saturated heterocycles. The van der Waals surface area contributed by atoms with Crippen molar-refractivity contribution in [3.8, 4) is 11.1 Å². The van der Waals surface area contributed by atoms with Crippen LogP contribution >= 0.6 is 0 Å². The molecule has 0 radical (unpaired) electrons. The van der Waals surface area contributed by atoms with Crippen LogP contribution in [0.3, 0.4) is 0 Å². The molecule has 1 aliphatic heterocycles. The second-order valence-electron chi connectivity index (χ2n) is 4.92. The fraction of sp³-hybridized carbons (Fsp3) is 0.250. The van der Waals surface area contributed by atoms with Crippen molar-refractivity contribution in [2.75, 3.05) is 11.9 Å². The second kappa shape index (κ2) is 4.65. The molecule has 0 fully saturated rings. The van der Waals surface area contributed by atoms with Gasteiger partial charge in [-0.2, -0.15) is 0 Å². The zero-order chi connectivity index (χ0) is 13.4. The molecule has 3 rings (SSSR count). The summed E-state index contributed by atoms with van der Waals surface area (Å²) >= 11 is 0. The number of anilines is 1. The zero-order valence-electron chi connectivity index (χ0n) is 10.8. The molecule has 0 aliphatic carbocycles. The van der Waals surface area contributed by atoms with Gasteiger partial charge in [0.1, 0.15) is 11.6 Å². The van der Waals surface area contributed by atoms with E-state index in [1.807, 2.05) is 12.1 Å². The Morgan fingerprint density at radius 1 is 1.11 bits per heavy atom. The Morgan fingerprint density at radius 3 is 2.79 bits per heavy atom. The van der Waals surface area contributed by atoms with Crippen LogP contribution in [-0.4, -0.2) is 6.54 Å². The smallest absolute Gasteiger partial charge is 0.136 e. The Bertz CT molecular complexity index is 635. The summed E-state index contributed by atoms with van der Waals surface area (Å²) in [6, 6.07) is 8.41. The van der Waals surface area contributed by atoms with Crippen LogP contribution in [0.2, 0.25) is 0 Å². The van der Waals surface area contributed by atoms with E-state index in [-0.39, 0.29) is 5.56 Å². The fourth-order valence-corrected chi connectivity index (χ4v) is 2.65. The molecule has 2 aromatic rings. The quantitative estimate of drug-likeness (QED) is 0.805. The van der Waals surface area contributed by atoms with Crippen LogP contribution in [0.4, 0.5) is 14.5 Å². The van der Waals surface area contributed by atoms with Crippen LogP contribution in [0.15, 0.2) is 30.3 Å². The average molecular weight is 259 g/mol. The maximum absolute atomic E-state index is 14.3. The van der Waals surface area contributed by atoms with E-state index in [1.54, 1.807) is 13.0 Å². The van der Waals surface area contributed by atoms with Gasteiger partial charge < -0.3 is 5.32 Å². The van der Waals surface area contributed by atoms with Gasteiger partial charge in [-0.3, -0.25) is 0 Å². The maximum Gasteiger partial charge on any atom is 0.136 e. The van der Waals surface area contributed by atoms with E-state index >= 15 is 0 Å². The third kappa shape index (κ3) is 1.99. The van der Waals surface area contributed by atoms with Crippen molar-refractivity contribution in [2.24, 2.45) is 0 Å². The van der Waals surface area contributed by atoms with Gasteiger partial charge in [-0.1, -0.05) is 18.2 Å². The van der Waals surface area contributed by atoms with E-state index < -0.39 is 11.6 Å². The summed E-state index contributed by atoms with van der Waals surface area (Å²) < 4.78 is 28.3. The number of fused-ring (bicyclic) bond motifs is 1. The summed E-state index contributed by atoms with van der Waals surface area (Å²) in [4.78, 5) is 0. The molecule has 2 aromatic carbocycles. The first-order chi connectivity index (χ1) is 9.18. The average Bonchev–Trinajstić information content (AvgIpc) is 2.44. The van der Waals surface area contributed by atoms with E-state index in [4.69, 9.17) is 0 Å². The van der Waals surface area contributed by atoms with Crippen LogP contribution in [-0.2, 0) is 6.42 Å². The van der Waals surface area contributed by atoms with Crippen molar-refractivity contribution in [2.45, 2.75) is 19.8 Å². The highest BCUT2D eigenvalue weighted by Crippen LogP contribution is 2.36. The Kier molecular flexibility index (Phi) is 2.97. The van der Waals surface area contributed by atoms with E-state index in [0.717, 1.165) is 30.6 Å². The molecule has 19 heavy (non-hydrogen) atoms. The molecular weight excluding hydrogens is 244 g/mol. The Morgan fingerprint density at radius 2 is 1.95 bits per heavy atom. The minimum Gasteiger partial charge on any atom is -0.385 e. The number of hydrogen-bond acceptors (Lipinski definition) is 1. The largest absolute Gasteiger partial charge is 0.385 e. The molecule has 0 spiro atoms. The lowest BCUT2D eigenvalue weighted by Crippen LogP contribution is -2.13. The van der Waals surface area contributed by atoms with Crippen molar-refractivity contribution >= 4 is 5.69 Å². The number of hydrogen-bond donors (Lipinski definition) is 1. The van der Waals surface area contributed by atoms with Crippen molar-refractivity contribution in [1.29, 1.82) is 0 Å². The van der Waals surface area contributed by atoms with Crippen LogP contribution in [0, 0.1) is 18.6 Å². The molecule has 98 valence electrons. The maximum atomic E-state index is 14.3. The minimum atomic E-state index is -0.498. The standard InChI is InChI=1S/C16H15F2N/c1-10-7-8-13(17)15(16(10)18)12-4-2-6-14-11(12)5-3-9-19-14/h2,4,6-8,19H,3,5,9H2,1H3. The van der Waals surface area contributed by atoms with Crippen LogP contribution in [0.25, 0.3) is 11.1 Å². The summed E-state index contributed by atoms with van der Waals surface area (Å²) in [5.74, 6) is -0.957. The zero-order valence-corrected chi connectivity index (χ0v) is 10.8. The minimum absolute atomic E-state index is 0.0977. The highest BCUT2D eigenvalue weighted by atomic mass is 19.1.